The normalized spacial score (nSPS) is 12.0. The van der Waals surface area contributed by atoms with Gasteiger partial charge in [-0.25, -0.2) is 0 Å². The van der Waals surface area contributed by atoms with Crippen molar-refractivity contribution in [1.82, 2.24) is 0 Å². The number of hydroxylamine groups is 1. The summed E-state index contributed by atoms with van der Waals surface area (Å²) >= 11 is 0. The van der Waals surface area contributed by atoms with Crippen molar-refractivity contribution >= 4 is 11.4 Å². The number of hydrogen-bond donors (Lipinski definition) is 0. The number of rotatable bonds is 4. The molecule has 0 spiro atoms. The first-order valence-corrected chi connectivity index (χ1v) is 10.2. The second kappa shape index (κ2) is 8.04. The quantitative estimate of drug-likeness (QED) is 0.339. The predicted molar refractivity (Wildman–Crippen MR) is 126 cm³/mol. The van der Waals surface area contributed by atoms with Crippen molar-refractivity contribution in [2.75, 3.05) is 5.06 Å². The van der Waals surface area contributed by atoms with Crippen LogP contribution in [0.4, 0.5) is 11.4 Å². The van der Waals surface area contributed by atoms with E-state index in [4.69, 9.17) is 0 Å². The average Bonchev–Trinajstić information content (AvgIpc) is 2.71. The van der Waals surface area contributed by atoms with E-state index >= 15 is 0 Å². The molecule has 3 aromatic carbocycles. The van der Waals surface area contributed by atoms with E-state index in [0.717, 1.165) is 32.1 Å². The summed E-state index contributed by atoms with van der Waals surface area (Å²) < 4.78 is 0.967. The molecule has 30 heavy (non-hydrogen) atoms. The molecular weight excluding hydrogens is 372 g/mol. The van der Waals surface area contributed by atoms with E-state index in [2.05, 4.69) is 24.3 Å². The maximum absolute atomic E-state index is 12.9. The van der Waals surface area contributed by atoms with Crippen LogP contribution in [0.1, 0.15) is 41.5 Å². The van der Waals surface area contributed by atoms with E-state index in [0.29, 0.717) is 11.4 Å². The van der Waals surface area contributed by atoms with Crippen molar-refractivity contribution in [2.24, 2.45) is 0 Å². The molecule has 0 unspecified atom stereocenters. The van der Waals surface area contributed by atoms with Crippen molar-refractivity contribution in [3.8, 4) is 22.3 Å². The summed E-state index contributed by atoms with van der Waals surface area (Å²) in [6.45, 7) is 11.2. The Hall–Kier alpha value is -2.98. The van der Waals surface area contributed by atoms with Gasteiger partial charge < -0.3 is 10.3 Å². The minimum atomic E-state index is -0.609. The molecule has 0 amide bonds. The molecule has 0 saturated carbocycles. The molecule has 0 aliphatic carbocycles. The second-order valence-electron chi connectivity index (χ2n) is 9.61. The molecule has 0 heterocycles. The van der Waals surface area contributed by atoms with Crippen LogP contribution >= 0.6 is 0 Å². The van der Waals surface area contributed by atoms with Crippen LogP contribution in [0.2, 0.25) is 0 Å². The summed E-state index contributed by atoms with van der Waals surface area (Å²) in [4.78, 5) is 12.9. The Morgan fingerprint density at radius 3 is 1.70 bits per heavy atom. The topological polar surface area (TPSA) is 46.4 Å². The van der Waals surface area contributed by atoms with Crippen LogP contribution in [0.5, 0.6) is 0 Å². The van der Waals surface area contributed by atoms with Gasteiger partial charge in [0.25, 0.3) is 5.69 Å². The fourth-order valence-electron chi connectivity index (χ4n) is 3.26. The fourth-order valence-corrected chi connectivity index (χ4v) is 3.26. The van der Waals surface area contributed by atoms with E-state index < -0.39 is 11.1 Å². The van der Waals surface area contributed by atoms with E-state index in [-0.39, 0.29) is 0 Å². The highest BCUT2D eigenvalue weighted by atomic mass is 16.5. The zero-order valence-corrected chi connectivity index (χ0v) is 18.6. The molecule has 0 aromatic heterocycles. The number of anilines is 1. The highest BCUT2D eigenvalue weighted by molar-refractivity contribution is 5.75. The van der Waals surface area contributed by atoms with Crippen LogP contribution in [0.15, 0.2) is 72.8 Å². The lowest BCUT2D eigenvalue weighted by Crippen LogP contribution is -2.36. The zero-order valence-electron chi connectivity index (χ0n) is 18.6. The molecular formula is C26H30N2O2. The molecule has 0 bridgehead atoms. The Bertz CT molecular complexity index is 1030. The fraction of sp³-hybridized carbons (Fsp3) is 0.308. The van der Waals surface area contributed by atoms with Gasteiger partial charge in [-0.2, -0.15) is 0 Å². The molecule has 3 rings (SSSR count). The standard InChI is InChI=1S/C26H30N2O2/c1-25(2,3)27(29)23-16-22(17-24(18-23)28(30)26(4,5)6)21-14-12-20(13-15-21)19-10-8-7-9-11-19/h7-18H,1-6H3. The van der Waals surface area contributed by atoms with Gasteiger partial charge in [0.05, 0.1) is 0 Å². The third-order valence-corrected chi connectivity index (χ3v) is 4.92. The van der Waals surface area contributed by atoms with Gasteiger partial charge in [0.15, 0.2) is 0 Å². The Morgan fingerprint density at radius 1 is 0.700 bits per heavy atom. The maximum Gasteiger partial charge on any atom is 0.259 e. The van der Waals surface area contributed by atoms with Gasteiger partial charge >= 0.3 is 0 Å². The van der Waals surface area contributed by atoms with Crippen molar-refractivity contribution in [3.05, 3.63) is 82.9 Å². The Balaban J connectivity index is 2.08. The van der Waals surface area contributed by atoms with Crippen LogP contribution < -0.4 is 5.06 Å². The van der Waals surface area contributed by atoms with Gasteiger partial charge in [0, 0.05) is 53.8 Å². The van der Waals surface area contributed by atoms with Crippen molar-refractivity contribution in [1.29, 1.82) is 0 Å². The first-order valence-electron chi connectivity index (χ1n) is 10.2. The first-order chi connectivity index (χ1) is 14.0. The average molecular weight is 403 g/mol. The molecule has 0 aliphatic heterocycles. The van der Waals surface area contributed by atoms with Crippen molar-refractivity contribution in [3.63, 3.8) is 0 Å². The van der Waals surface area contributed by atoms with Crippen molar-refractivity contribution < 1.29 is 4.76 Å². The van der Waals surface area contributed by atoms with Crippen molar-refractivity contribution in [2.45, 2.75) is 52.6 Å². The summed E-state index contributed by atoms with van der Waals surface area (Å²) in [5.41, 5.74) is 3.82. The van der Waals surface area contributed by atoms with E-state index in [9.17, 15) is 10.1 Å². The number of benzene rings is 3. The summed E-state index contributed by atoms with van der Waals surface area (Å²) in [6.07, 6.45) is 0. The van der Waals surface area contributed by atoms with Gasteiger partial charge in [-0.1, -0.05) is 54.6 Å². The zero-order chi connectivity index (χ0) is 22.1. The van der Waals surface area contributed by atoms with Crippen LogP contribution in [0.3, 0.4) is 0 Å². The molecule has 4 heteroatoms. The van der Waals surface area contributed by atoms with Gasteiger partial charge in [0.2, 0.25) is 5.54 Å². The van der Waals surface area contributed by atoms with Crippen LogP contribution in [0.25, 0.3) is 22.3 Å². The molecule has 0 radical (unpaired) electrons. The molecule has 0 N–H and O–H groups in total. The largest absolute Gasteiger partial charge is 0.758 e. The molecule has 4 nitrogen and oxygen atoms in total. The lowest BCUT2D eigenvalue weighted by molar-refractivity contribution is -0.540. The molecule has 0 atom stereocenters. The summed E-state index contributed by atoms with van der Waals surface area (Å²) in [7, 11) is 0. The predicted octanol–water partition coefficient (Wildman–Crippen LogP) is 7.33. The lowest BCUT2D eigenvalue weighted by Gasteiger charge is -2.43. The monoisotopic (exact) mass is 402 g/mol. The number of nitrogens with zero attached hydrogens (tertiary/aromatic N) is 2. The Labute approximate surface area is 179 Å². The highest BCUT2D eigenvalue weighted by Crippen LogP contribution is 2.35. The molecule has 156 valence electrons. The second-order valence-corrected chi connectivity index (χ2v) is 9.61. The SMILES string of the molecule is CC(C)(C)N([O-])c1cc(-c2ccc(-c3ccccc3)cc2)cc([N+](=O)C(C)(C)C)c1. The van der Waals surface area contributed by atoms with E-state index in [1.165, 1.54) is 0 Å². The van der Waals surface area contributed by atoms with Gasteiger partial charge in [0.1, 0.15) is 0 Å². The summed E-state index contributed by atoms with van der Waals surface area (Å²) in [5, 5.41) is 13.9. The van der Waals surface area contributed by atoms with Gasteiger partial charge in [-0.3, -0.25) is 0 Å². The van der Waals surface area contributed by atoms with E-state index in [1.807, 2.05) is 84.0 Å². The minimum Gasteiger partial charge on any atom is -0.758 e. The summed E-state index contributed by atoms with van der Waals surface area (Å²) in [5.74, 6) is 0. The Morgan fingerprint density at radius 2 is 1.20 bits per heavy atom. The third-order valence-electron chi connectivity index (χ3n) is 4.92. The molecule has 0 aliphatic rings. The van der Waals surface area contributed by atoms with Crippen LogP contribution in [-0.2, 0) is 0 Å². The third kappa shape index (κ3) is 4.77. The maximum atomic E-state index is 12.9. The minimum absolute atomic E-state index is 0.479. The van der Waals surface area contributed by atoms with E-state index in [1.54, 1.807) is 6.07 Å². The van der Waals surface area contributed by atoms with Crippen LogP contribution in [-0.4, -0.2) is 15.8 Å². The van der Waals surface area contributed by atoms with Gasteiger partial charge in [-0.15, -0.1) is 0 Å². The number of nitroso groups, excluding NO2 is 1. The molecule has 3 aromatic rings. The highest BCUT2D eigenvalue weighted by Gasteiger charge is 2.32. The molecule has 0 fully saturated rings. The van der Waals surface area contributed by atoms with Gasteiger partial charge in [-0.05, 0) is 49.1 Å². The lowest BCUT2D eigenvalue weighted by atomic mass is 9.98. The molecule has 0 saturated heterocycles. The first kappa shape index (κ1) is 21.7. The Kier molecular flexibility index (Phi) is 5.82. The summed E-state index contributed by atoms with van der Waals surface area (Å²) in [6, 6.07) is 23.8. The smallest absolute Gasteiger partial charge is 0.259 e. The number of hydrogen-bond acceptors (Lipinski definition) is 3. The van der Waals surface area contributed by atoms with Crippen LogP contribution in [0, 0.1) is 10.1 Å².